The largest absolute Gasteiger partial charge is 0.326 e. The average Bonchev–Trinajstić information content (AvgIpc) is 2.75. The lowest BCUT2D eigenvalue weighted by Crippen LogP contribution is -2.56. The fraction of sp³-hybridized carbons (Fsp3) is 1.00. The highest BCUT2D eigenvalue weighted by Crippen LogP contribution is 2.33. The number of likely N-dealkylation sites (tertiary alicyclic amines) is 2. The van der Waals surface area contributed by atoms with Gasteiger partial charge in [0.15, 0.2) is 0 Å². The maximum absolute atomic E-state index is 6.25. The van der Waals surface area contributed by atoms with Gasteiger partial charge in [0.05, 0.1) is 0 Å². The molecule has 2 heterocycles. The van der Waals surface area contributed by atoms with Crippen LogP contribution in [0.1, 0.15) is 38.5 Å². The molecule has 0 aromatic carbocycles. The molecule has 2 saturated heterocycles. The van der Waals surface area contributed by atoms with Gasteiger partial charge in [-0.15, -0.1) is 0 Å². The van der Waals surface area contributed by atoms with Crippen LogP contribution < -0.4 is 5.73 Å². The Bertz CT molecular complexity index is 268. The normalized spacial score (nSPS) is 44.8. The van der Waals surface area contributed by atoms with E-state index in [2.05, 4.69) is 16.8 Å². The molecular formula is C14H27N3. The molecule has 0 aromatic heterocycles. The van der Waals surface area contributed by atoms with Crippen LogP contribution in [0.15, 0.2) is 0 Å². The van der Waals surface area contributed by atoms with Crippen molar-refractivity contribution in [3.8, 4) is 0 Å². The van der Waals surface area contributed by atoms with Crippen LogP contribution >= 0.6 is 0 Å². The second-order valence-corrected chi connectivity index (χ2v) is 6.40. The third-order valence-electron chi connectivity index (χ3n) is 5.38. The molecule has 2 aliphatic heterocycles. The average molecular weight is 237 g/mol. The summed E-state index contributed by atoms with van der Waals surface area (Å²) >= 11 is 0. The van der Waals surface area contributed by atoms with E-state index in [0.717, 1.165) is 12.0 Å². The molecule has 0 bridgehead atoms. The van der Waals surface area contributed by atoms with Crippen LogP contribution in [0.25, 0.3) is 0 Å². The van der Waals surface area contributed by atoms with Gasteiger partial charge in [-0.25, -0.2) is 0 Å². The number of rotatable bonds is 1. The Morgan fingerprint density at radius 1 is 0.941 bits per heavy atom. The van der Waals surface area contributed by atoms with E-state index in [1.54, 1.807) is 0 Å². The Labute approximate surface area is 105 Å². The predicted octanol–water partition coefficient (Wildman–Crippen LogP) is 1.28. The first kappa shape index (κ1) is 11.9. The maximum atomic E-state index is 6.25. The SMILES string of the molecule is CN1CCCC2CN(C3CCCC3N)CCC21. The van der Waals surface area contributed by atoms with Gasteiger partial charge >= 0.3 is 0 Å². The van der Waals surface area contributed by atoms with Crippen molar-refractivity contribution in [2.45, 2.75) is 56.7 Å². The zero-order valence-corrected chi connectivity index (χ0v) is 11.1. The zero-order chi connectivity index (χ0) is 11.8. The van der Waals surface area contributed by atoms with Gasteiger partial charge in [-0.2, -0.15) is 0 Å². The first-order chi connectivity index (χ1) is 8.25. The maximum Gasteiger partial charge on any atom is 0.0247 e. The van der Waals surface area contributed by atoms with Crippen LogP contribution in [0.2, 0.25) is 0 Å². The summed E-state index contributed by atoms with van der Waals surface area (Å²) in [5.74, 6) is 0.912. The molecule has 3 rings (SSSR count). The summed E-state index contributed by atoms with van der Waals surface area (Å²) in [6.45, 7) is 3.90. The summed E-state index contributed by atoms with van der Waals surface area (Å²) in [6, 6.07) is 2.01. The molecule has 0 aromatic rings. The Balaban J connectivity index is 1.63. The summed E-state index contributed by atoms with van der Waals surface area (Å²) in [5, 5.41) is 0. The van der Waals surface area contributed by atoms with Crippen molar-refractivity contribution < 1.29 is 0 Å². The summed E-state index contributed by atoms with van der Waals surface area (Å²) in [5.41, 5.74) is 6.25. The van der Waals surface area contributed by atoms with E-state index in [0.29, 0.717) is 12.1 Å². The van der Waals surface area contributed by atoms with E-state index in [9.17, 15) is 0 Å². The number of fused-ring (bicyclic) bond motifs is 1. The van der Waals surface area contributed by atoms with Crippen molar-refractivity contribution in [1.29, 1.82) is 0 Å². The quantitative estimate of drug-likeness (QED) is 0.746. The van der Waals surface area contributed by atoms with Crippen molar-refractivity contribution in [3.05, 3.63) is 0 Å². The van der Waals surface area contributed by atoms with Crippen LogP contribution in [0, 0.1) is 5.92 Å². The first-order valence-electron chi connectivity index (χ1n) is 7.45. The molecule has 3 fully saturated rings. The van der Waals surface area contributed by atoms with Crippen molar-refractivity contribution in [2.24, 2.45) is 11.7 Å². The lowest BCUT2D eigenvalue weighted by molar-refractivity contribution is 0.0185. The van der Waals surface area contributed by atoms with Gasteiger partial charge in [0.1, 0.15) is 0 Å². The van der Waals surface area contributed by atoms with Crippen LogP contribution in [0.5, 0.6) is 0 Å². The van der Waals surface area contributed by atoms with Gasteiger partial charge in [-0.3, -0.25) is 4.90 Å². The van der Waals surface area contributed by atoms with E-state index in [-0.39, 0.29) is 0 Å². The Morgan fingerprint density at radius 2 is 1.82 bits per heavy atom. The third kappa shape index (κ3) is 2.25. The van der Waals surface area contributed by atoms with Gasteiger partial charge < -0.3 is 10.6 Å². The monoisotopic (exact) mass is 237 g/mol. The summed E-state index contributed by atoms with van der Waals surface area (Å²) < 4.78 is 0. The molecule has 3 aliphatic rings. The molecule has 0 spiro atoms. The Hall–Kier alpha value is -0.120. The molecule has 0 amide bonds. The van der Waals surface area contributed by atoms with Crippen molar-refractivity contribution >= 4 is 0 Å². The number of nitrogens with two attached hydrogens (primary N) is 1. The van der Waals surface area contributed by atoms with E-state index in [1.807, 2.05) is 0 Å². The van der Waals surface area contributed by atoms with Crippen LogP contribution in [0.4, 0.5) is 0 Å². The van der Waals surface area contributed by atoms with Gasteiger partial charge in [-0.05, 0) is 51.6 Å². The van der Waals surface area contributed by atoms with E-state index in [1.165, 1.54) is 58.2 Å². The first-order valence-corrected chi connectivity index (χ1v) is 7.45. The molecule has 17 heavy (non-hydrogen) atoms. The second kappa shape index (κ2) is 4.87. The summed E-state index contributed by atoms with van der Waals surface area (Å²) in [7, 11) is 2.31. The minimum atomic E-state index is 0.452. The van der Waals surface area contributed by atoms with Crippen molar-refractivity contribution in [3.63, 3.8) is 0 Å². The Morgan fingerprint density at radius 3 is 2.59 bits per heavy atom. The molecule has 3 nitrogen and oxygen atoms in total. The fourth-order valence-electron chi connectivity index (χ4n) is 4.40. The van der Waals surface area contributed by atoms with Crippen molar-refractivity contribution in [2.75, 3.05) is 26.7 Å². The lowest BCUT2D eigenvalue weighted by atomic mass is 9.83. The van der Waals surface area contributed by atoms with E-state index in [4.69, 9.17) is 5.73 Å². The topological polar surface area (TPSA) is 32.5 Å². The zero-order valence-electron chi connectivity index (χ0n) is 11.1. The number of hydrogen-bond donors (Lipinski definition) is 1. The van der Waals surface area contributed by atoms with Crippen LogP contribution in [0.3, 0.4) is 0 Å². The smallest absolute Gasteiger partial charge is 0.0247 e. The number of piperidine rings is 2. The predicted molar refractivity (Wildman–Crippen MR) is 70.9 cm³/mol. The minimum absolute atomic E-state index is 0.452. The van der Waals surface area contributed by atoms with Crippen molar-refractivity contribution in [1.82, 2.24) is 9.80 Å². The molecule has 2 N–H and O–H groups in total. The standard InChI is InChI=1S/C14H27N3/c1-16-8-3-4-11-10-17(9-7-13(11)16)14-6-2-5-12(14)15/h11-14H,2-10,15H2,1H3. The summed E-state index contributed by atoms with van der Waals surface area (Å²) in [6.07, 6.45) is 8.12. The number of nitrogens with zero attached hydrogens (tertiary/aromatic N) is 2. The molecule has 1 aliphatic carbocycles. The van der Waals surface area contributed by atoms with E-state index >= 15 is 0 Å². The second-order valence-electron chi connectivity index (χ2n) is 6.40. The molecule has 4 atom stereocenters. The molecule has 4 unspecified atom stereocenters. The number of hydrogen-bond acceptors (Lipinski definition) is 3. The molecule has 0 radical (unpaired) electrons. The highest BCUT2D eigenvalue weighted by molar-refractivity contribution is 4.95. The van der Waals surface area contributed by atoms with Gasteiger partial charge in [0.25, 0.3) is 0 Å². The molecule has 3 heteroatoms. The molecule has 1 saturated carbocycles. The lowest BCUT2D eigenvalue weighted by Gasteiger charge is -2.48. The molecular weight excluding hydrogens is 210 g/mol. The van der Waals surface area contributed by atoms with Crippen LogP contribution in [-0.4, -0.2) is 54.6 Å². The summed E-state index contributed by atoms with van der Waals surface area (Å²) in [4.78, 5) is 5.32. The minimum Gasteiger partial charge on any atom is -0.326 e. The fourth-order valence-corrected chi connectivity index (χ4v) is 4.40. The van der Waals surface area contributed by atoms with Gasteiger partial charge in [0.2, 0.25) is 0 Å². The van der Waals surface area contributed by atoms with Crippen LogP contribution in [-0.2, 0) is 0 Å². The Kier molecular flexibility index (Phi) is 3.42. The van der Waals surface area contributed by atoms with Gasteiger partial charge in [-0.1, -0.05) is 6.42 Å². The highest BCUT2D eigenvalue weighted by Gasteiger charge is 2.38. The van der Waals surface area contributed by atoms with Gasteiger partial charge in [0, 0.05) is 31.2 Å². The third-order valence-corrected chi connectivity index (χ3v) is 5.38. The van der Waals surface area contributed by atoms with E-state index < -0.39 is 0 Å². The highest BCUT2D eigenvalue weighted by atomic mass is 15.2. The molecule has 98 valence electrons.